The number of H-pyrrole nitrogens is 2. The number of aromatic nitrogens is 2. The van der Waals surface area contributed by atoms with E-state index in [1.165, 1.54) is 0 Å². The Kier molecular flexibility index (Phi) is 2.66. The number of benzene rings is 1. The van der Waals surface area contributed by atoms with E-state index in [0.29, 0.717) is 16.3 Å². The minimum atomic E-state index is -0.500. The molecule has 0 aliphatic rings. The summed E-state index contributed by atoms with van der Waals surface area (Å²) in [5.41, 5.74) is 0.815. The molecular formula is C11H9ClN2O2. The number of aromatic amines is 2. The van der Waals surface area contributed by atoms with Gasteiger partial charge in [0, 0.05) is 10.7 Å². The van der Waals surface area contributed by atoms with E-state index in [2.05, 4.69) is 9.97 Å². The first-order valence-electron chi connectivity index (χ1n) is 4.67. The van der Waals surface area contributed by atoms with E-state index in [1.54, 1.807) is 31.2 Å². The van der Waals surface area contributed by atoms with Crippen molar-refractivity contribution in [2.75, 3.05) is 0 Å². The molecule has 0 saturated heterocycles. The zero-order chi connectivity index (χ0) is 11.7. The van der Waals surface area contributed by atoms with Crippen LogP contribution in [0.4, 0.5) is 0 Å². The van der Waals surface area contributed by atoms with Crippen molar-refractivity contribution in [1.29, 1.82) is 0 Å². The Hall–Kier alpha value is -1.81. The third-order valence-electron chi connectivity index (χ3n) is 2.26. The molecule has 0 unspecified atom stereocenters. The van der Waals surface area contributed by atoms with Gasteiger partial charge in [-0.3, -0.25) is 9.78 Å². The largest absolute Gasteiger partial charge is 0.325 e. The summed E-state index contributed by atoms with van der Waals surface area (Å²) < 4.78 is 0. The van der Waals surface area contributed by atoms with Crippen LogP contribution in [-0.2, 0) is 0 Å². The van der Waals surface area contributed by atoms with Gasteiger partial charge in [0.05, 0.1) is 5.56 Å². The van der Waals surface area contributed by atoms with E-state index in [9.17, 15) is 9.59 Å². The Bertz CT molecular complexity index is 626. The number of nitrogens with one attached hydrogen (secondary N) is 2. The molecule has 2 N–H and O–H groups in total. The molecule has 0 aliphatic carbocycles. The van der Waals surface area contributed by atoms with Crippen molar-refractivity contribution >= 4 is 11.6 Å². The molecule has 5 heteroatoms. The highest BCUT2D eigenvalue weighted by atomic mass is 35.5. The fourth-order valence-electron chi connectivity index (χ4n) is 1.56. The van der Waals surface area contributed by atoms with Crippen LogP contribution >= 0.6 is 11.6 Å². The van der Waals surface area contributed by atoms with Gasteiger partial charge in [-0.25, -0.2) is 4.79 Å². The molecule has 0 amide bonds. The van der Waals surface area contributed by atoms with Gasteiger partial charge in [0.1, 0.15) is 0 Å². The number of hydrogen-bond acceptors (Lipinski definition) is 2. The SMILES string of the molecule is Cc1[nH]c(=O)[nH]c(=O)c1-c1ccc(Cl)cc1. The minimum absolute atomic E-state index is 0.399. The van der Waals surface area contributed by atoms with Gasteiger partial charge in [0.2, 0.25) is 0 Å². The highest BCUT2D eigenvalue weighted by Gasteiger charge is 2.07. The Morgan fingerprint density at radius 1 is 1.06 bits per heavy atom. The van der Waals surface area contributed by atoms with Crippen molar-refractivity contribution in [3.63, 3.8) is 0 Å². The van der Waals surface area contributed by atoms with Crippen LogP contribution in [-0.4, -0.2) is 9.97 Å². The van der Waals surface area contributed by atoms with E-state index in [1.807, 2.05) is 0 Å². The van der Waals surface area contributed by atoms with Crippen molar-refractivity contribution in [3.8, 4) is 11.1 Å². The molecule has 1 heterocycles. The lowest BCUT2D eigenvalue weighted by atomic mass is 10.1. The van der Waals surface area contributed by atoms with Gasteiger partial charge in [-0.15, -0.1) is 0 Å². The topological polar surface area (TPSA) is 65.7 Å². The summed E-state index contributed by atoms with van der Waals surface area (Å²) >= 11 is 5.76. The van der Waals surface area contributed by atoms with Crippen LogP contribution in [0.15, 0.2) is 33.9 Å². The maximum atomic E-state index is 11.6. The summed E-state index contributed by atoms with van der Waals surface area (Å²) in [5.74, 6) is 0. The molecule has 0 spiro atoms. The molecule has 0 fully saturated rings. The first-order valence-corrected chi connectivity index (χ1v) is 5.05. The summed E-state index contributed by atoms with van der Waals surface area (Å²) in [7, 11) is 0. The summed E-state index contributed by atoms with van der Waals surface area (Å²) in [4.78, 5) is 27.4. The molecule has 0 saturated carbocycles. The second kappa shape index (κ2) is 3.98. The first-order chi connectivity index (χ1) is 7.58. The third kappa shape index (κ3) is 1.92. The Balaban J connectivity index is 2.69. The summed E-state index contributed by atoms with van der Waals surface area (Å²) in [6.07, 6.45) is 0. The molecule has 4 nitrogen and oxygen atoms in total. The first kappa shape index (κ1) is 10.7. The molecule has 2 rings (SSSR count). The van der Waals surface area contributed by atoms with E-state index < -0.39 is 11.2 Å². The predicted octanol–water partition coefficient (Wildman–Crippen LogP) is 1.69. The van der Waals surface area contributed by atoms with Gasteiger partial charge in [0.15, 0.2) is 0 Å². The molecule has 0 atom stereocenters. The summed E-state index contributed by atoms with van der Waals surface area (Å²) in [6.45, 7) is 1.68. The Labute approximate surface area is 95.9 Å². The normalized spacial score (nSPS) is 10.4. The molecule has 1 aromatic carbocycles. The van der Waals surface area contributed by atoms with E-state index in [-0.39, 0.29) is 0 Å². The quantitative estimate of drug-likeness (QED) is 0.791. The molecular weight excluding hydrogens is 228 g/mol. The zero-order valence-corrected chi connectivity index (χ0v) is 9.26. The number of rotatable bonds is 1. The third-order valence-corrected chi connectivity index (χ3v) is 2.52. The van der Waals surface area contributed by atoms with Crippen LogP contribution in [0.3, 0.4) is 0 Å². The lowest BCUT2D eigenvalue weighted by molar-refractivity contribution is 0.999. The van der Waals surface area contributed by atoms with Crippen molar-refractivity contribution in [2.45, 2.75) is 6.92 Å². The summed E-state index contributed by atoms with van der Waals surface area (Å²) in [5, 5.41) is 0.599. The molecule has 1 aromatic heterocycles. The minimum Gasteiger partial charge on any atom is -0.311 e. The van der Waals surface area contributed by atoms with Crippen molar-refractivity contribution in [1.82, 2.24) is 9.97 Å². The lowest BCUT2D eigenvalue weighted by Gasteiger charge is -2.03. The zero-order valence-electron chi connectivity index (χ0n) is 8.50. The highest BCUT2D eigenvalue weighted by Crippen LogP contribution is 2.19. The second-order valence-corrected chi connectivity index (χ2v) is 3.85. The number of halogens is 1. The maximum Gasteiger partial charge on any atom is 0.325 e. The maximum absolute atomic E-state index is 11.6. The Morgan fingerprint density at radius 2 is 1.69 bits per heavy atom. The monoisotopic (exact) mass is 236 g/mol. The molecule has 16 heavy (non-hydrogen) atoms. The van der Waals surface area contributed by atoms with Crippen molar-refractivity contribution in [2.24, 2.45) is 0 Å². The van der Waals surface area contributed by atoms with Crippen LogP contribution < -0.4 is 11.2 Å². The number of hydrogen-bond donors (Lipinski definition) is 2. The van der Waals surface area contributed by atoms with E-state index in [0.717, 1.165) is 5.56 Å². The smallest absolute Gasteiger partial charge is 0.311 e. The van der Waals surface area contributed by atoms with Crippen LogP contribution in [0.5, 0.6) is 0 Å². The fraction of sp³-hybridized carbons (Fsp3) is 0.0909. The van der Waals surface area contributed by atoms with E-state index >= 15 is 0 Å². The van der Waals surface area contributed by atoms with Gasteiger partial charge in [0.25, 0.3) is 5.56 Å². The summed E-state index contributed by atoms with van der Waals surface area (Å²) in [6, 6.07) is 6.86. The van der Waals surface area contributed by atoms with Crippen LogP contribution in [0.2, 0.25) is 5.02 Å². The van der Waals surface area contributed by atoms with Crippen molar-refractivity contribution < 1.29 is 0 Å². The molecule has 82 valence electrons. The van der Waals surface area contributed by atoms with Crippen LogP contribution in [0.1, 0.15) is 5.69 Å². The van der Waals surface area contributed by atoms with Crippen molar-refractivity contribution in [3.05, 3.63) is 55.8 Å². The average Bonchev–Trinajstić information content (AvgIpc) is 2.19. The molecule has 0 bridgehead atoms. The fourth-order valence-corrected chi connectivity index (χ4v) is 1.69. The van der Waals surface area contributed by atoms with E-state index in [4.69, 9.17) is 11.6 Å². The predicted molar refractivity (Wildman–Crippen MR) is 62.9 cm³/mol. The van der Waals surface area contributed by atoms with Gasteiger partial charge < -0.3 is 4.98 Å². The van der Waals surface area contributed by atoms with Gasteiger partial charge in [-0.2, -0.15) is 0 Å². The molecule has 0 radical (unpaired) electrons. The standard InChI is InChI=1S/C11H9ClN2O2/c1-6-9(10(15)14-11(16)13-6)7-2-4-8(12)5-3-7/h2-5H,1H3,(H2,13,14,15,16). The number of aryl methyl sites for hydroxylation is 1. The Morgan fingerprint density at radius 3 is 2.25 bits per heavy atom. The lowest BCUT2D eigenvalue weighted by Crippen LogP contribution is -2.24. The van der Waals surface area contributed by atoms with Gasteiger partial charge in [-0.1, -0.05) is 23.7 Å². The van der Waals surface area contributed by atoms with Crippen LogP contribution in [0.25, 0.3) is 11.1 Å². The molecule has 2 aromatic rings. The average molecular weight is 237 g/mol. The van der Waals surface area contributed by atoms with Gasteiger partial charge in [-0.05, 0) is 24.6 Å². The molecule has 0 aliphatic heterocycles. The second-order valence-electron chi connectivity index (χ2n) is 3.42. The van der Waals surface area contributed by atoms with Crippen LogP contribution in [0, 0.1) is 6.92 Å². The van der Waals surface area contributed by atoms with Gasteiger partial charge >= 0.3 is 5.69 Å². The highest BCUT2D eigenvalue weighted by molar-refractivity contribution is 6.30.